The third-order valence-electron chi connectivity index (χ3n) is 4.16. The highest BCUT2D eigenvalue weighted by atomic mass is 15.1. The SMILES string of the molecule is CCN1CCC(CNCC2(CC#N)CC2)C1. The van der Waals surface area contributed by atoms with E-state index in [4.69, 9.17) is 5.26 Å². The predicted molar refractivity (Wildman–Crippen MR) is 65.0 cm³/mol. The van der Waals surface area contributed by atoms with Crippen LogP contribution in [0.2, 0.25) is 0 Å². The van der Waals surface area contributed by atoms with Crippen molar-refractivity contribution in [1.29, 1.82) is 5.26 Å². The molecule has 0 bridgehead atoms. The van der Waals surface area contributed by atoms with Crippen LogP contribution in [-0.2, 0) is 0 Å². The highest BCUT2D eigenvalue weighted by Crippen LogP contribution is 2.47. The van der Waals surface area contributed by atoms with E-state index in [1.807, 2.05) is 0 Å². The standard InChI is InChI=1S/C13H23N3/c1-2-16-8-3-12(10-16)9-15-11-13(4-5-13)6-7-14/h12,15H,2-6,8-11H2,1H3. The van der Waals surface area contributed by atoms with Crippen LogP contribution in [0.4, 0.5) is 0 Å². The Morgan fingerprint density at radius 3 is 2.88 bits per heavy atom. The van der Waals surface area contributed by atoms with Gasteiger partial charge in [-0.15, -0.1) is 0 Å². The largest absolute Gasteiger partial charge is 0.316 e. The molecule has 3 nitrogen and oxygen atoms in total. The van der Waals surface area contributed by atoms with Crippen molar-refractivity contribution in [2.75, 3.05) is 32.7 Å². The maximum atomic E-state index is 8.73. The summed E-state index contributed by atoms with van der Waals surface area (Å²) >= 11 is 0. The fraction of sp³-hybridized carbons (Fsp3) is 0.923. The Morgan fingerprint density at radius 2 is 2.31 bits per heavy atom. The van der Waals surface area contributed by atoms with Crippen molar-refractivity contribution in [3.63, 3.8) is 0 Å². The van der Waals surface area contributed by atoms with Crippen LogP contribution in [0.25, 0.3) is 0 Å². The summed E-state index contributed by atoms with van der Waals surface area (Å²) < 4.78 is 0. The molecule has 0 aromatic carbocycles. The minimum absolute atomic E-state index is 0.359. The minimum atomic E-state index is 0.359. The summed E-state index contributed by atoms with van der Waals surface area (Å²) in [6.45, 7) is 8.16. The number of hydrogen-bond acceptors (Lipinski definition) is 3. The minimum Gasteiger partial charge on any atom is -0.316 e. The number of rotatable bonds is 6. The van der Waals surface area contributed by atoms with E-state index in [0.717, 1.165) is 25.4 Å². The molecular weight excluding hydrogens is 198 g/mol. The number of likely N-dealkylation sites (tertiary alicyclic amines) is 1. The number of nitrogens with one attached hydrogen (secondary N) is 1. The molecule has 0 spiro atoms. The second kappa shape index (κ2) is 5.16. The van der Waals surface area contributed by atoms with Gasteiger partial charge >= 0.3 is 0 Å². The molecule has 1 aliphatic carbocycles. The monoisotopic (exact) mass is 221 g/mol. The van der Waals surface area contributed by atoms with Crippen LogP contribution in [0.15, 0.2) is 0 Å². The lowest BCUT2D eigenvalue weighted by atomic mass is 10.0. The second-order valence-electron chi connectivity index (χ2n) is 5.51. The van der Waals surface area contributed by atoms with E-state index in [2.05, 4.69) is 23.2 Å². The molecule has 0 amide bonds. The van der Waals surface area contributed by atoms with Crippen LogP contribution in [0.5, 0.6) is 0 Å². The zero-order chi connectivity index (χ0) is 11.4. The van der Waals surface area contributed by atoms with Gasteiger partial charge in [0.15, 0.2) is 0 Å². The number of nitriles is 1. The molecule has 1 atom stereocenters. The van der Waals surface area contributed by atoms with Crippen molar-refractivity contribution in [3.05, 3.63) is 0 Å². The normalized spacial score (nSPS) is 27.9. The first-order valence-electron chi connectivity index (χ1n) is 6.58. The quantitative estimate of drug-likeness (QED) is 0.740. The molecule has 2 aliphatic rings. The molecule has 1 heterocycles. The molecular formula is C13H23N3. The van der Waals surface area contributed by atoms with Gasteiger partial charge in [0.1, 0.15) is 0 Å². The summed E-state index contributed by atoms with van der Waals surface area (Å²) in [7, 11) is 0. The van der Waals surface area contributed by atoms with E-state index < -0.39 is 0 Å². The second-order valence-corrected chi connectivity index (χ2v) is 5.51. The summed E-state index contributed by atoms with van der Waals surface area (Å²) in [4.78, 5) is 2.52. The molecule has 0 radical (unpaired) electrons. The van der Waals surface area contributed by atoms with Crippen molar-refractivity contribution in [1.82, 2.24) is 10.2 Å². The van der Waals surface area contributed by atoms with Crippen molar-refractivity contribution in [2.24, 2.45) is 11.3 Å². The summed E-state index contributed by atoms with van der Waals surface area (Å²) in [5.74, 6) is 0.831. The van der Waals surface area contributed by atoms with Crippen LogP contribution in [0.3, 0.4) is 0 Å². The van der Waals surface area contributed by atoms with Gasteiger partial charge < -0.3 is 10.2 Å². The average Bonchev–Trinajstić information content (AvgIpc) is 2.89. The van der Waals surface area contributed by atoms with Gasteiger partial charge in [0.2, 0.25) is 0 Å². The van der Waals surface area contributed by atoms with E-state index in [9.17, 15) is 0 Å². The zero-order valence-corrected chi connectivity index (χ0v) is 10.3. The van der Waals surface area contributed by atoms with Crippen molar-refractivity contribution < 1.29 is 0 Å². The molecule has 1 aliphatic heterocycles. The van der Waals surface area contributed by atoms with Gasteiger partial charge in [0, 0.05) is 19.5 Å². The predicted octanol–water partition coefficient (Wildman–Crippen LogP) is 1.61. The van der Waals surface area contributed by atoms with Crippen molar-refractivity contribution in [3.8, 4) is 6.07 Å². The lowest BCUT2D eigenvalue weighted by molar-refractivity contribution is 0.335. The van der Waals surface area contributed by atoms with Crippen LogP contribution in [-0.4, -0.2) is 37.6 Å². The van der Waals surface area contributed by atoms with Crippen molar-refractivity contribution >= 4 is 0 Å². The van der Waals surface area contributed by atoms with E-state index in [1.165, 1.54) is 38.9 Å². The third-order valence-corrected chi connectivity index (χ3v) is 4.16. The molecule has 2 rings (SSSR count). The van der Waals surface area contributed by atoms with E-state index >= 15 is 0 Å². The van der Waals surface area contributed by atoms with Crippen LogP contribution >= 0.6 is 0 Å². The van der Waals surface area contributed by atoms with Crippen molar-refractivity contribution in [2.45, 2.75) is 32.6 Å². The van der Waals surface area contributed by atoms with Gasteiger partial charge in [-0.3, -0.25) is 0 Å². The number of hydrogen-bond donors (Lipinski definition) is 1. The molecule has 16 heavy (non-hydrogen) atoms. The Bertz CT molecular complexity index is 265. The van der Waals surface area contributed by atoms with Gasteiger partial charge in [-0.2, -0.15) is 5.26 Å². The highest BCUT2D eigenvalue weighted by Gasteiger charge is 2.41. The Hall–Kier alpha value is -0.590. The molecule has 1 saturated carbocycles. The fourth-order valence-corrected chi connectivity index (χ4v) is 2.67. The fourth-order valence-electron chi connectivity index (χ4n) is 2.67. The lowest BCUT2D eigenvalue weighted by Gasteiger charge is -2.16. The smallest absolute Gasteiger partial charge is 0.0628 e. The van der Waals surface area contributed by atoms with E-state index in [0.29, 0.717) is 5.41 Å². The topological polar surface area (TPSA) is 39.1 Å². The molecule has 0 aromatic rings. The highest BCUT2D eigenvalue weighted by molar-refractivity contribution is 5.00. The maximum absolute atomic E-state index is 8.73. The van der Waals surface area contributed by atoms with Gasteiger partial charge in [0.05, 0.1) is 6.07 Å². The van der Waals surface area contributed by atoms with Gasteiger partial charge in [0.25, 0.3) is 0 Å². The maximum Gasteiger partial charge on any atom is 0.0628 e. The van der Waals surface area contributed by atoms with E-state index in [1.54, 1.807) is 0 Å². The molecule has 3 heteroatoms. The van der Waals surface area contributed by atoms with Gasteiger partial charge in [-0.05, 0) is 50.2 Å². The summed E-state index contributed by atoms with van der Waals surface area (Å²) in [5.41, 5.74) is 0.359. The lowest BCUT2D eigenvalue weighted by Crippen LogP contribution is -2.30. The summed E-state index contributed by atoms with van der Waals surface area (Å²) in [5, 5.41) is 12.3. The Balaban J connectivity index is 1.60. The Labute approximate surface area is 98.8 Å². The Kier molecular flexibility index (Phi) is 3.83. The van der Waals surface area contributed by atoms with Crippen LogP contribution in [0.1, 0.15) is 32.6 Å². The number of nitrogens with zero attached hydrogens (tertiary/aromatic N) is 2. The zero-order valence-electron chi connectivity index (χ0n) is 10.3. The van der Waals surface area contributed by atoms with E-state index in [-0.39, 0.29) is 0 Å². The van der Waals surface area contributed by atoms with Crippen LogP contribution in [0, 0.1) is 22.7 Å². The average molecular weight is 221 g/mol. The summed E-state index contributed by atoms with van der Waals surface area (Å²) in [6.07, 6.45) is 4.58. The molecule has 1 saturated heterocycles. The molecule has 1 N–H and O–H groups in total. The first kappa shape index (κ1) is 11.9. The van der Waals surface area contributed by atoms with Crippen LogP contribution < -0.4 is 5.32 Å². The first-order valence-corrected chi connectivity index (χ1v) is 6.58. The van der Waals surface area contributed by atoms with Gasteiger partial charge in [-0.1, -0.05) is 6.92 Å². The Morgan fingerprint density at radius 1 is 1.50 bits per heavy atom. The molecule has 1 unspecified atom stereocenters. The summed E-state index contributed by atoms with van der Waals surface area (Å²) in [6, 6.07) is 2.32. The van der Waals surface area contributed by atoms with Gasteiger partial charge in [-0.25, -0.2) is 0 Å². The first-order chi connectivity index (χ1) is 7.78. The molecule has 90 valence electrons. The third kappa shape index (κ3) is 2.96. The molecule has 0 aromatic heterocycles. The molecule has 2 fully saturated rings.